The summed E-state index contributed by atoms with van der Waals surface area (Å²) in [5.41, 5.74) is 3.04. The molecule has 0 unspecified atom stereocenters. The third-order valence-corrected chi connectivity index (χ3v) is 5.05. The molecule has 0 aliphatic heterocycles. The van der Waals surface area contributed by atoms with Crippen molar-refractivity contribution in [3.63, 3.8) is 0 Å². The topological polar surface area (TPSA) is 103 Å². The summed E-state index contributed by atoms with van der Waals surface area (Å²) >= 11 is 0. The molecule has 31 heavy (non-hydrogen) atoms. The quantitative estimate of drug-likeness (QED) is 0.483. The molecule has 1 saturated carbocycles. The lowest BCUT2D eigenvalue weighted by Crippen LogP contribution is -2.25. The normalized spacial score (nSPS) is 17.9. The molecule has 11 heteroatoms. The van der Waals surface area contributed by atoms with E-state index in [0.717, 1.165) is 0 Å². The second-order valence-corrected chi connectivity index (χ2v) is 7.59. The Bertz CT molecular complexity index is 1290. The molecule has 1 aromatic carbocycles. The van der Waals surface area contributed by atoms with Gasteiger partial charge in [-0.15, -0.1) is 0 Å². The summed E-state index contributed by atoms with van der Waals surface area (Å²) in [6.45, 7) is 3.35. The van der Waals surface area contributed by atoms with Crippen LogP contribution >= 0.6 is 0 Å². The average molecular weight is 435 g/mol. The highest BCUT2D eigenvalue weighted by Crippen LogP contribution is 2.36. The van der Waals surface area contributed by atoms with Crippen molar-refractivity contribution in [1.82, 2.24) is 14.5 Å². The molecule has 0 bridgehead atoms. The number of rotatable bonds is 4. The first-order valence-electron chi connectivity index (χ1n) is 9.40. The number of hydrogen-bond acceptors (Lipinski definition) is 5. The van der Waals surface area contributed by atoms with E-state index in [0.29, 0.717) is 11.5 Å². The Morgan fingerprint density at radius 3 is 2.52 bits per heavy atom. The monoisotopic (exact) mass is 435 g/mol. The number of aromatic nitrogens is 3. The number of hydrogen-bond donors (Lipinski definition) is 2. The molecule has 4 rings (SSSR count). The van der Waals surface area contributed by atoms with E-state index >= 15 is 0 Å². The lowest BCUT2D eigenvalue weighted by Gasteiger charge is -2.16. The number of nitrogens with zero attached hydrogens (tertiary/aromatic N) is 3. The zero-order valence-corrected chi connectivity index (χ0v) is 16.4. The summed E-state index contributed by atoms with van der Waals surface area (Å²) in [5, 5.41) is 2.19. The highest BCUT2D eigenvalue weighted by atomic mass is 19.2. The third-order valence-electron chi connectivity index (χ3n) is 5.05. The molecule has 1 aliphatic rings. The van der Waals surface area contributed by atoms with Crippen LogP contribution in [-0.2, 0) is 4.79 Å². The number of amides is 1. The summed E-state index contributed by atoms with van der Waals surface area (Å²) in [6.07, 6.45) is -0.144. The Balaban J connectivity index is 1.88. The molecule has 2 aromatic heterocycles. The van der Waals surface area contributed by atoms with Gasteiger partial charge in [-0.25, -0.2) is 22.5 Å². The number of halogens is 4. The van der Waals surface area contributed by atoms with Gasteiger partial charge in [0, 0.05) is 23.2 Å². The third kappa shape index (κ3) is 3.49. The zero-order valence-electron chi connectivity index (χ0n) is 16.4. The fourth-order valence-corrected chi connectivity index (χ4v) is 3.36. The number of pyridine rings is 1. The van der Waals surface area contributed by atoms with Crippen LogP contribution in [0.4, 0.5) is 29.2 Å². The van der Waals surface area contributed by atoms with E-state index in [9.17, 15) is 27.2 Å². The van der Waals surface area contributed by atoms with Crippen LogP contribution in [0, 0.1) is 23.4 Å². The number of nitrogens with one attached hydrogen (secondary N) is 1. The number of nitrogens with two attached hydrogens (primary N) is 1. The summed E-state index contributed by atoms with van der Waals surface area (Å²) in [7, 11) is 0. The Morgan fingerprint density at radius 2 is 1.90 bits per heavy atom. The van der Waals surface area contributed by atoms with E-state index in [-0.39, 0.29) is 23.6 Å². The van der Waals surface area contributed by atoms with Crippen molar-refractivity contribution in [2.45, 2.75) is 32.5 Å². The maximum Gasteiger partial charge on any atom is 0.260 e. The minimum atomic E-state index is -1.69. The molecule has 162 valence electrons. The first-order chi connectivity index (χ1) is 14.6. The van der Waals surface area contributed by atoms with Gasteiger partial charge in [0.15, 0.2) is 17.5 Å². The minimum Gasteiger partial charge on any atom is -0.368 e. The lowest BCUT2D eigenvalue weighted by molar-refractivity contribution is -0.117. The molecule has 1 fully saturated rings. The second kappa shape index (κ2) is 7.33. The largest absolute Gasteiger partial charge is 0.368 e. The van der Waals surface area contributed by atoms with Crippen LogP contribution in [0.2, 0.25) is 0 Å². The number of nitrogen functional groups attached to an aromatic ring is 1. The molecule has 1 aliphatic carbocycles. The van der Waals surface area contributed by atoms with Crippen LogP contribution in [0.3, 0.4) is 0 Å². The van der Waals surface area contributed by atoms with Crippen molar-refractivity contribution >= 4 is 28.6 Å². The van der Waals surface area contributed by atoms with Crippen molar-refractivity contribution in [3.05, 3.63) is 46.1 Å². The molecular weight excluding hydrogens is 418 g/mol. The number of alkyl halides is 1. The molecule has 3 N–H and O–H groups in total. The fraction of sp³-hybridized carbons (Fsp3) is 0.300. The summed E-state index contributed by atoms with van der Waals surface area (Å²) < 4.78 is 58.4. The molecule has 1 amide bonds. The summed E-state index contributed by atoms with van der Waals surface area (Å²) in [6, 6.07) is 1.38. The molecule has 3 aromatic rings. The van der Waals surface area contributed by atoms with Gasteiger partial charge in [0.1, 0.15) is 17.5 Å². The van der Waals surface area contributed by atoms with Crippen molar-refractivity contribution in [2.24, 2.45) is 5.92 Å². The number of benzene rings is 1. The van der Waals surface area contributed by atoms with Gasteiger partial charge >= 0.3 is 0 Å². The van der Waals surface area contributed by atoms with E-state index in [1.165, 1.54) is 16.8 Å². The molecule has 0 saturated heterocycles. The van der Waals surface area contributed by atoms with Crippen LogP contribution in [0.5, 0.6) is 0 Å². The number of carbonyl (C=O) groups is 1. The maximum atomic E-state index is 14.9. The first-order valence-corrected chi connectivity index (χ1v) is 9.40. The van der Waals surface area contributed by atoms with Gasteiger partial charge in [-0.3, -0.25) is 14.2 Å². The summed E-state index contributed by atoms with van der Waals surface area (Å²) in [5.74, 6) is -6.57. The second-order valence-electron chi connectivity index (χ2n) is 7.59. The molecule has 2 atom stereocenters. The average Bonchev–Trinajstić information content (AvgIpc) is 3.44. The van der Waals surface area contributed by atoms with Gasteiger partial charge in [-0.1, -0.05) is 0 Å². The molecule has 7 nitrogen and oxygen atoms in total. The molecule has 2 heterocycles. The smallest absolute Gasteiger partial charge is 0.260 e. The van der Waals surface area contributed by atoms with Crippen molar-refractivity contribution in [3.8, 4) is 11.1 Å². The fourth-order valence-electron chi connectivity index (χ4n) is 3.36. The number of fused-ring (bicyclic) bond motifs is 1. The van der Waals surface area contributed by atoms with Crippen molar-refractivity contribution < 1.29 is 22.4 Å². The lowest BCUT2D eigenvalue weighted by atomic mass is 10.0. The van der Waals surface area contributed by atoms with Crippen LogP contribution in [0.25, 0.3) is 22.2 Å². The predicted molar refractivity (Wildman–Crippen MR) is 106 cm³/mol. The zero-order chi connectivity index (χ0) is 22.6. The Labute approximate surface area is 172 Å². The van der Waals surface area contributed by atoms with E-state index in [1.54, 1.807) is 13.8 Å². The molecular formula is C20H17F4N5O2. The number of anilines is 2. The van der Waals surface area contributed by atoms with Gasteiger partial charge in [-0.2, -0.15) is 4.98 Å². The predicted octanol–water partition coefficient (Wildman–Crippen LogP) is 3.34. The van der Waals surface area contributed by atoms with Gasteiger partial charge in [0.05, 0.1) is 11.5 Å². The van der Waals surface area contributed by atoms with E-state index in [4.69, 9.17) is 5.73 Å². The highest BCUT2D eigenvalue weighted by Gasteiger charge is 2.44. The standard InChI is InChI=1S/C20H17F4N5O2/c1-7(2)29-17-8(6-26-20(25)28-17)3-10(19(29)31)9-4-13(22)16(15(24)14(9)23)27-18(30)11-5-12(11)21/h3-4,6-7,11-12H,5H2,1-2H3,(H,27,30)(H2,25,26,28)/t11-,12+/m1/s1. The van der Waals surface area contributed by atoms with Gasteiger partial charge in [-0.05, 0) is 32.4 Å². The maximum absolute atomic E-state index is 14.9. The van der Waals surface area contributed by atoms with Crippen molar-refractivity contribution in [1.29, 1.82) is 0 Å². The van der Waals surface area contributed by atoms with Crippen LogP contribution in [0.1, 0.15) is 26.3 Å². The van der Waals surface area contributed by atoms with E-state index in [1.807, 2.05) is 5.32 Å². The minimum absolute atomic E-state index is 0.0615. The van der Waals surface area contributed by atoms with Crippen LogP contribution in [0.15, 0.2) is 23.1 Å². The van der Waals surface area contributed by atoms with E-state index in [2.05, 4.69) is 9.97 Å². The Kier molecular flexibility index (Phi) is 4.91. The molecule has 0 radical (unpaired) electrons. The SMILES string of the molecule is CC(C)n1c(=O)c(-c2cc(F)c(NC(=O)[C@@H]3C[C@@H]3F)c(F)c2F)cc2cnc(N)nc21. The highest BCUT2D eigenvalue weighted by molar-refractivity contribution is 5.95. The Hall–Kier alpha value is -3.50. The summed E-state index contributed by atoms with van der Waals surface area (Å²) in [4.78, 5) is 32.7. The van der Waals surface area contributed by atoms with Gasteiger partial charge in [0.2, 0.25) is 11.9 Å². The van der Waals surface area contributed by atoms with Crippen LogP contribution < -0.4 is 16.6 Å². The molecule has 0 spiro atoms. The van der Waals surface area contributed by atoms with Crippen molar-refractivity contribution in [2.75, 3.05) is 11.1 Å². The van der Waals surface area contributed by atoms with Gasteiger partial charge < -0.3 is 11.1 Å². The number of carbonyl (C=O) groups excluding carboxylic acids is 1. The van der Waals surface area contributed by atoms with E-state index < -0.39 is 58.3 Å². The Morgan fingerprint density at radius 1 is 1.23 bits per heavy atom. The van der Waals surface area contributed by atoms with Gasteiger partial charge in [0.25, 0.3) is 5.56 Å². The first kappa shape index (κ1) is 20.8. The van der Waals surface area contributed by atoms with Crippen LogP contribution in [-0.4, -0.2) is 26.6 Å².